The second-order valence-corrected chi connectivity index (χ2v) is 3.08. The lowest BCUT2D eigenvalue weighted by atomic mass is 10.1. The summed E-state index contributed by atoms with van der Waals surface area (Å²) in [7, 11) is 0. The lowest BCUT2D eigenvalue weighted by molar-refractivity contribution is -0.385. The van der Waals surface area contributed by atoms with Crippen LogP contribution in [0, 0.1) is 10.1 Å². The van der Waals surface area contributed by atoms with Crippen molar-refractivity contribution in [1.82, 2.24) is 0 Å². The van der Waals surface area contributed by atoms with Gasteiger partial charge in [-0.3, -0.25) is 10.1 Å². The molecule has 5 heteroatoms. The number of rotatable bonds is 3. The molecule has 0 saturated carbocycles. The Balaban J connectivity index is 2.51. The van der Waals surface area contributed by atoms with E-state index in [0.29, 0.717) is 23.5 Å². The standard InChI is InChI=1S/C10H9NO4/c1-2-3-7-4-9-10(15-6-14-9)5-8(7)11(12)13/h2,4-5H,1,3,6H2. The van der Waals surface area contributed by atoms with Crippen LogP contribution >= 0.6 is 0 Å². The lowest BCUT2D eigenvalue weighted by Crippen LogP contribution is -1.94. The molecule has 1 heterocycles. The van der Waals surface area contributed by atoms with Gasteiger partial charge in [-0.05, 0) is 12.5 Å². The first-order valence-electron chi connectivity index (χ1n) is 4.40. The highest BCUT2D eigenvalue weighted by Gasteiger charge is 2.22. The molecule has 15 heavy (non-hydrogen) atoms. The van der Waals surface area contributed by atoms with E-state index in [1.54, 1.807) is 12.1 Å². The van der Waals surface area contributed by atoms with Crippen LogP contribution in [0.25, 0.3) is 0 Å². The summed E-state index contributed by atoms with van der Waals surface area (Å²) in [5, 5.41) is 10.8. The van der Waals surface area contributed by atoms with Crippen molar-refractivity contribution in [3.8, 4) is 11.5 Å². The van der Waals surface area contributed by atoms with Crippen molar-refractivity contribution in [2.24, 2.45) is 0 Å². The summed E-state index contributed by atoms with van der Waals surface area (Å²) in [6.07, 6.45) is 2.05. The van der Waals surface area contributed by atoms with Gasteiger partial charge in [0, 0.05) is 5.56 Å². The van der Waals surface area contributed by atoms with Crippen LogP contribution in [0.3, 0.4) is 0 Å². The molecule has 0 radical (unpaired) electrons. The molecule has 2 rings (SSSR count). The number of hydrogen-bond acceptors (Lipinski definition) is 4. The first-order chi connectivity index (χ1) is 7.22. The van der Waals surface area contributed by atoms with Gasteiger partial charge in [0.2, 0.25) is 6.79 Å². The SMILES string of the molecule is C=CCc1cc2c(cc1[N+](=O)[O-])OCO2. The van der Waals surface area contributed by atoms with Gasteiger partial charge in [0.25, 0.3) is 5.69 Å². The van der Waals surface area contributed by atoms with Crippen molar-refractivity contribution < 1.29 is 14.4 Å². The maximum atomic E-state index is 10.8. The summed E-state index contributed by atoms with van der Waals surface area (Å²) in [5.74, 6) is 0.979. The van der Waals surface area contributed by atoms with Gasteiger partial charge in [-0.25, -0.2) is 0 Å². The number of allylic oxidation sites excluding steroid dienone is 1. The van der Waals surface area contributed by atoms with Crippen molar-refractivity contribution >= 4 is 5.69 Å². The number of ether oxygens (including phenoxy) is 2. The fourth-order valence-corrected chi connectivity index (χ4v) is 1.46. The Bertz CT molecular complexity index is 428. The van der Waals surface area contributed by atoms with Gasteiger partial charge in [-0.2, -0.15) is 0 Å². The molecule has 0 N–H and O–H groups in total. The van der Waals surface area contributed by atoms with Crippen LogP contribution in [-0.2, 0) is 6.42 Å². The van der Waals surface area contributed by atoms with E-state index in [2.05, 4.69) is 6.58 Å². The molecule has 0 spiro atoms. The van der Waals surface area contributed by atoms with E-state index in [9.17, 15) is 10.1 Å². The number of hydrogen-bond donors (Lipinski definition) is 0. The summed E-state index contributed by atoms with van der Waals surface area (Å²) in [4.78, 5) is 10.3. The average molecular weight is 207 g/mol. The first kappa shape index (κ1) is 9.51. The number of benzene rings is 1. The Labute approximate surface area is 86.1 Å². The Morgan fingerprint density at radius 1 is 1.47 bits per heavy atom. The van der Waals surface area contributed by atoms with E-state index >= 15 is 0 Å². The molecule has 1 aliphatic heterocycles. The number of fused-ring (bicyclic) bond motifs is 1. The fraction of sp³-hybridized carbons (Fsp3) is 0.200. The van der Waals surface area contributed by atoms with E-state index in [1.807, 2.05) is 0 Å². The first-order valence-corrected chi connectivity index (χ1v) is 4.40. The Kier molecular flexibility index (Phi) is 2.29. The quantitative estimate of drug-likeness (QED) is 0.432. The zero-order chi connectivity index (χ0) is 10.8. The molecule has 0 saturated heterocycles. The van der Waals surface area contributed by atoms with Gasteiger partial charge in [-0.1, -0.05) is 6.08 Å². The van der Waals surface area contributed by atoms with Crippen LogP contribution in [0.1, 0.15) is 5.56 Å². The maximum Gasteiger partial charge on any atom is 0.276 e. The van der Waals surface area contributed by atoms with Crippen molar-refractivity contribution in [3.05, 3.63) is 40.5 Å². The number of nitro groups is 1. The van der Waals surface area contributed by atoms with Gasteiger partial charge in [-0.15, -0.1) is 6.58 Å². The van der Waals surface area contributed by atoms with Crippen LogP contribution in [0.2, 0.25) is 0 Å². The second-order valence-electron chi connectivity index (χ2n) is 3.08. The van der Waals surface area contributed by atoms with Crippen LogP contribution < -0.4 is 9.47 Å². The molecule has 0 amide bonds. The second kappa shape index (κ2) is 3.61. The molecule has 0 atom stereocenters. The summed E-state index contributed by atoms with van der Waals surface area (Å²) in [5.41, 5.74) is 0.624. The third-order valence-corrected chi connectivity index (χ3v) is 2.13. The number of nitrogens with zero attached hydrogens (tertiary/aromatic N) is 1. The predicted octanol–water partition coefficient (Wildman–Crippen LogP) is 2.05. The zero-order valence-corrected chi connectivity index (χ0v) is 7.93. The molecule has 1 aromatic carbocycles. The van der Waals surface area contributed by atoms with E-state index in [4.69, 9.17) is 9.47 Å². The molecule has 5 nitrogen and oxygen atoms in total. The van der Waals surface area contributed by atoms with Crippen LogP contribution in [0.15, 0.2) is 24.8 Å². The maximum absolute atomic E-state index is 10.8. The van der Waals surface area contributed by atoms with E-state index in [1.165, 1.54) is 6.07 Å². The fourth-order valence-electron chi connectivity index (χ4n) is 1.46. The van der Waals surface area contributed by atoms with Crippen molar-refractivity contribution in [1.29, 1.82) is 0 Å². The summed E-state index contributed by atoms with van der Waals surface area (Å²) in [6, 6.07) is 3.02. The normalized spacial score (nSPS) is 12.5. The molecule has 0 unspecified atom stereocenters. The molecule has 1 aromatic rings. The van der Waals surface area contributed by atoms with Crippen LogP contribution in [0.5, 0.6) is 11.5 Å². The molecule has 1 aliphatic rings. The third kappa shape index (κ3) is 1.63. The Hall–Kier alpha value is -2.04. The largest absolute Gasteiger partial charge is 0.454 e. The minimum absolute atomic E-state index is 0.0409. The van der Waals surface area contributed by atoms with Crippen molar-refractivity contribution in [2.45, 2.75) is 6.42 Å². The van der Waals surface area contributed by atoms with Crippen molar-refractivity contribution in [3.63, 3.8) is 0 Å². The summed E-state index contributed by atoms with van der Waals surface area (Å²) < 4.78 is 10.2. The molecule has 78 valence electrons. The van der Waals surface area contributed by atoms with Gasteiger partial charge in [0.05, 0.1) is 11.0 Å². The topological polar surface area (TPSA) is 61.6 Å². The molecular formula is C10H9NO4. The third-order valence-electron chi connectivity index (χ3n) is 2.13. The van der Waals surface area contributed by atoms with E-state index in [0.717, 1.165) is 0 Å². The van der Waals surface area contributed by atoms with Gasteiger partial charge in [0.1, 0.15) is 0 Å². The van der Waals surface area contributed by atoms with Gasteiger partial charge < -0.3 is 9.47 Å². The molecule has 0 fully saturated rings. The lowest BCUT2D eigenvalue weighted by Gasteiger charge is -2.01. The highest BCUT2D eigenvalue weighted by molar-refractivity contribution is 5.55. The molecular weight excluding hydrogens is 198 g/mol. The Morgan fingerprint density at radius 3 is 2.73 bits per heavy atom. The summed E-state index contributed by atoms with van der Waals surface area (Å²) >= 11 is 0. The predicted molar refractivity (Wildman–Crippen MR) is 53.1 cm³/mol. The average Bonchev–Trinajstić information content (AvgIpc) is 2.63. The molecule has 0 aromatic heterocycles. The van der Waals surface area contributed by atoms with Gasteiger partial charge >= 0.3 is 0 Å². The molecule has 0 bridgehead atoms. The minimum atomic E-state index is -0.430. The number of nitro benzene ring substituents is 1. The smallest absolute Gasteiger partial charge is 0.276 e. The van der Waals surface area contributed by atoms with Gasteiger partial charge in [0.15, 0.2) is 11.5 Å². The minimum Gasteiger partial charge on any atom is -0.454 e. The Morgan fingerprint density at radius 2 is 2.13 bits per heavy atom. The monoisotopic (exact) mass is 207 g/mol. The van der Waals surface area contributed by atoms with Crippen LogP contribution in [-0.4, -0.2) is 11.7 Å². The highest BCUT2D eigenvalue weighted by Crippen LogP contribution is 2.38. The van der Waals surface area contributed by atoms with E-state index in [-0.39, 0.29) is 12.5 Å². The van der Waals surface area contributed by atoms with Crippen molar-refractivity contribution in [2.75, 3.05) is 6.79 Å². The summed E-state index contributed by atoms with van der Waals surface area (Å²) in [6.45, 7) is 3.67. The highest BCUT2D eigenvalue weighted by atomic mass is 16.7. The molecule has 0 aliphatic carbocycles. The van der Waals surface area contributed by atoms with E-state index < -0.39 is 4.92 Å². The van der Waals surface area contributed by atoms with Crippen LogP contribution in [0.4, 0.5) is 5.69 Å². The zero-order valence-electron chi connectivity index (χ0n) is 7.93.